The summed E-state index contributed by atoms with van der Waals surface area (Å²) in [6.07, 6.45) is 0. The molecule has 0 aliphatic carbocycles. The van der Waals surface area contributed by atoms with Gasteiger partial charge in [-0.05, 0) is 45.9 Å². The maximum atomic E-state index is 12.4. The third-order valence-electron chi connectivity index (χ3n) is 2.74. The van der Waals surface area contributed by atoms with Gasteiger partial charge in [-0.15, -0.1) is 0 Å². The van der Waals surface area contributed by atoms with Crippen LogP contribution in [0.15, 0.2) is 24.3 Å². The Morgan fingerprint density at radius 1 is 1.06 bits per heavy atom. The highest BCUT2D eigenvalue weighted by Crippen LogP contribution is 2.13. The van der Waals surface area contributed by atoms with E-state index in [0.29, 0.717) is 11.1 Å². The van der Waals surface area contributed by atoms with Crippen molar-refractivity contribution in [2.75, 3.05) is 0 Å². The lowest BCUT2D eigenvalue weighted by atomic mass is 10.1. The average molecular weight is 248 g/mol. The van der Waals surface area contributed by atoms with Gasteiger partial charge in [0.2, 0.25) is 5.91 Å². The van der Waals surface area contributed by atoms with Crippen LogP contribution in [-0.2, 0) is 0 Å². The second-order valence-electron chi connectivity index (χ2n) is 4.84. The van der Waals surface area contributed by atoms with Crippen LogP contribution >= 0.6 is 0 Å². The summed E-state index contributed by atoms with van der Waals surface area (Å²) in [4.78, 5) is 25.3. The van der Waals surface area contributed by atoms with Gasteiger partial charge in [0, 0.05) is 23.2 Å². The highest BCUT2D eigenvalue weighted by molar-refractivity contribution is 5.99. The van der Waals surface area contributed by atoms with Crippen LogP contribution in [-0.4, -0.2) is 28.8 Å². The summed E-state index contributed by atoms with van der Waals surface area (Å²) >= 11 is 0. The van der Waals surface area contributed by atoms with Crippen LogP contribution in [0.5, 0.6) is 0 Å². The van der Waals surface area contributed by atoms with Crippen LogP contribution in [0.1, 0.15) is 48.4 Å². The second-order valence-corrected chi connectivity index (χ2v) is 4.84. The van der Waals surface area contributed by atoms with Gasteiger partial charge in [-0.1, -0.05) is 6.07 Å². The number of nitrogens with zero attached hydrogens (tertiary/aromatic N) is 1. The number of benzene rings is 1. The van der Waals surface area contributed by atoms with Crippen LogP contribution in [0.25, 0.3) is 0 Å². The van der Waals surface area contributed by atoms with Crippen molar-refractivity contribution in [2.24, 2.45) is 5.73 Å². The van der Waals surface area contributed by atoms with Crippen molar-refractivity contribution in [2.45, 2.75) is 39.8 Å². The zero-order valence-corrected chi connectivity index (χ0v) is 11.3. The van der Waals surface area contributed by atoms with E-state index in [0.717, 1.165) is 0 Å². The van der Waals surface area contributed by atoms with E-state index < -0.39 is 5.91 Å². The van der Waals surface area contributed by atoms with E-state index in [1.807, 2.05) is 27.7 Å². The van der Waals surface area contributed by atoms with Crippen molar-refractivity contribution < 1.29 is 9.59 Å². The Morgan fingerprint density at radius 2 is 1.56 bits per heavy atom. The molecule has 0 saturated carbocycles. The standard InChI is InChI=1S/C14H20N2O2/c1-9(2)16(10(3)4)14(18)12-7-5-6-11(8-12)13(15)17/h5-10H,1-4H3,(H2,15,17). The van der Waals surface area contributed by atoms with Crippen molar-refractivity contribution in [3.05, 3.63) is 35.4 Å². The quantitative estimate of drug-likeness (QED) is 0.886. The summed E-state index contributed by atoms with van der Waals surface area (Å²) in [7, 11) is 0. The summed E-state index contributed by atoms with van der Waals surface area (Å²) < 4.78 is 0. The first-order chi connectivity index (χ1) is 8.34. The molecule has 0 fully saturated rings. The maximum absolute atomic E-state index is 12.4. The Hall–Kier alpha value is -1.84. The summed E-state index contributed by atoms with van der Waals surface area (Å²) in [5.74, 6) is -0.603. The zero-order chi connectivity index (χ0) is 13.9. The normalized spacial score (nSPS) is 10.8. The van der Waals surface area contributed by atoms with E-state index in [9.17, 15) is 9.59 Å². The molecule has 2 amide bonds. The van der Waals surface area contributed by atoms with Crippen molar-refractivity contribution >= 4 is 11.8 Å². The number of carbonyl (C=O) groups is 2. The molecule has 0 aliphatic heterocycles. The molecule has 0 atom stereocenters. The van der Waals surface area contributed by atoms with Crippen LogP contribution in [0.3, 0.4) is 0 Å². The predicted octanol–water partition coefficient (Wildman–Crippen LogP) is 2.04. The molecular weight excluding hydrogens is 228 g/mol. The van der Waals surface area contributed by atoms with Crippen molar-refractivity contribution in [1.29, 1.82) is 0 Å². The minimum absolute atomic E-state index is 0.0805. The summed E-state index contributed by atoms with van der Waals surface area (Å²) in [5.41, 5.74) is 6.06. The van der Waals surface area contributed by atoms with E-state index in [2.05, 4.69) is 0 Å². The molecule has 0 heterocycles. The van der Waals surface area contributed by atoms with Gasteiger partial charge in [0.05, 0.1) is 0 Å². The second kappa shape index (κ2) is 5.67. The van der Waals surface area contributed by atoms with Gasteiger partial charge in [-0.2, -0.15) is 0 Å². The number of hydrogen-bond donors (Lipinski definition) is 1. The zero-order valence-electron chi connectivity index (χ0n) is 11.3. The van der Waals surface area contributed by atoms with Gasteiger partial charge in [-0.3, -0.25) is 9.59 Å². The summed E-state index contributed by atoms with van der Waals surface area (Å²) in [5, 5.41) is 0. The Kier molecular flexibility index (Phi) is 4.48. The molecule has 4 heteroatoms. The fraction of sp³-hybridized carbons (Fsp3) is 0.429. The molecule has 98 valence electrons. The molecule has 0 saturated heterocycles. The monoisotopic (exact) mass is 248 g/mol. The molecule has 4 nitrogen and oxygen atoms in total. The molecule has 0 unspecified atom stereocenters. The smallest absolute Gasteiger partial charge is 0.254 e. The van der Waals surface area contributed by atoms with Crippen LogP contribution in [0, 0.1) is 0 Å². The van der Waals surface area contributed by atoms with Gasteiger partial charge in [0.25, 0.3) is 5.91 Å². The largest absolute Gasteiger partial charge is 0.366 e. The van der Waals surface area contributed by atoms with Gasteiger partial charge in [0.15, 0.2) is 0 Å². The van der Waals surface area contributed by atoms with E-state index in [-0.39, 0.29) is 18.0 Å². The lowest BCUT2D eigenvalue weighted by Crippen LogP contribution is -2.42. The average Bonchev–Trinajstić information content (AvgIpc) is 2.28. The van der Waals surface area contributed by atoms with E-state index >= 15 is 0 Å². The molecule has 1 rings (SSSR count). The molecule has 18 heavy (non-hydrogen) atoms. The fourth-order valence-electron chi connectivity index (χ4n) is 2.02. The number of rotatable bonds is 4. The Bertz CT molecular complexity index is 445. The number of amides is 2. The topological polar surface area (TPSA) is 63.4 Å². The lowest BCUT2D eigenvalue weighted by molar-refractivity contribution is 0.0643. The van der Waals surface area contributed by atoms with Gasteiger partial charge >= 0.3 is 0 Å². The molecule has 1 aromatic rings. The van der Waals surface area contributed by atoms with E-state index in [4.69, 9.17) is 5.73 Å². The number of nitrogens with two attached hydrogens (primary N) is 1. The van der Waals surface area contributed by atoms with E-state index in [1.165, 1.54) is 0 Å². The van der Waals surface area contributed by atoms with Gasteiger partial charge in [-0.25, -0.2) is 0 Å². The maximum Gasteiger partial charge on any atom is 0.254 e. The SMILES string of the molecule is CC(C)N(C(=O)c1cccc(C(N)=O)c1)C(C)C. The number of primary amides is 1. The Balaban J connectivity index is 3.09. The Labute approximate surface area is 108 Å². The Morgan fingerprint density at radius 3 is 2.00 bits per heavy atom. The molecule has 0 radical (unpaired) electrons. The predicted molar refractivity (Wildman–Crippen MR) is 71.4 cm³/mol. The van der Waals surface area contributed by atoms with Crippen LogP contribution in [0.2, 0.25) is 0 Å². The minimum Gasteiger partial charge on any atom is -0.366 e. The van der Waals surface area contributed by atoms with E-state index in [1.54, 1.807) is 29.2 Å². The molecule has 0 aliphatic rings. The van der Waals surface area contributed by atoms with Crippen LogP contribution in [0.4, 0.5) is 0 Å². The number of carbonyl (C=O) groups excluding carboxylic acids is 2. The first-order valence-corrected chi connectivity index (χ1v) is 6.07. The summed E-state index contributed by atoms with van der Waals surface area (Å²) in [6.45, 7) is 7.87. The third kappa shape index (κ3) is 3.09. The summed E-state index contributed by atoms with van der Waals surface area (Å²) in [6, 6.07) is 6.74. The van der Waals surface area contributed by atoms with Crippen LogP contribution < -0.4 is 5.73 Å². The number of hydrogen-bond acceptors (Lipinski definition) is 2. The molecule has 1 aromatic carbocycles. The van der Waals surface area contributed by atoms with Gasteiger partial charge < -0.3 is 10.6 Å². The first-order valence-electron chi connectivity index (χ1n) is 6.07. The van der Waals surface area contributed by atoms with Crippen molar-refractivity contribution in [3.63, 3.8) is 0 Å². The molecule has 0 bridgehead atoms. The third-order valence-corrected chi connectivity index (χ3v) is 2.74. The lowest BCUT2D eigenvalue weighted by Gasteiger charge is -2.30. The molecule has 0 spiro atoms. The first kappa shape index (κ1) is 14.2. The molecule has 2 N–H and O–H groups in total. The molecular formula is C14H20N2O2. The van der Waals surface area contributed by atoms with Crippen molar-refractivity contribution in [1.82, 2.24) is 4.90 Å². The highest BCUT2D eigenvalue weighted by atomic mass is 16.2. The fourth-order valence-corrected chi connectivity index (χ4v) is 2.02. The molecule has 0 aromatic heterocycles. The highest BCUT2D eigenvalue weighted by Gasteiger charge is 2.21. The van der Waals surface area contributed by atoms with Gasteiger partial charge in [0.1, 0.15) is 0 Å². The minimum atomic E-state index is -0.523. The van der Waals surface area contributed by atoms with Crippen molar-refractivity contribution in [3.8, 4) is 0 Å².